The van der Waals surface area contributed by atoms with Crippen molar-refractivity contribution < 1.29 is 9.52 Å². The first-order valence-electron chi connectivity index (χ1n) is 7.39. The van der Waals surface area contributed by atoms with Crippen molar-refractivity contribution >= 4 is 11.6 Å². The lowest BCUT2D eigenvalue weighted by Crippen LogP contribution is -2.10. The maximum Gasteiger partial charge on any atom is 0.107 e. The number of rotatable bonds is 5. The Labute approximate surface area is 130 Å². The molecule has 2 aromatic rings. The van der Waals surface area contributed by atoms with Crippen LogP contribution in [0.15, 0.2) is 4.42 Å². The summed E-state index contributed by atoms with van der Waals surface area (Å²) < 4.78 is 7.48. The van der Waals surface area contributed by atoms with E-state index in [2.05, 4.69) is 5.10 Å². The number of hydrogen-bond donors (Lipinski definition) is 1. The number of aliphatic hydroxyl groups is 1. The summed E-state index contributed by atoms with van der Waals surface area (Å²) in [4.78, 5) is 0. The van der Waals surface area contributed by atoms with Crippen LogP contribution in [-0.4, -0.2) is 14.9 Å². The van der Waals surface area contributed by atoms with Crippen molar-refractivity contribution in [3.8, 4) is 0 Å². The van der Waals surface area contributed by atoms with E-state index in [9.17, 15) is 5.11 Å². The van der Waals surface area contributed by atoms with Gasteiger partial charge in [-0.15, -0.1) is 0 Å². The molecule has 2 aromatic heterocycles. The van der Waals surface area contributed by atoms with Gasteiger partial charge in [0.1, 0.15) is 11.5 Å². The molecule has 0 saturated carbocycles. The van der Waals surface area contributed by atoms with Crippen molar-refractivity contribution in [2.24, 2.45) is 0 Å². The van der Waals surface area contributed by atoms with Gasteiger partial charge in [-0.3, -0.25) is 4.68 Å². The minimum Gasteiger partial charge on any atom is -0.466 e. The molecule has 5 heteroatoms. The maximum absolute atomic E-state index is 10.6. The second-order valence-electron chi connectivity index (χ2n) is 5.35. The van der Waals surface area contributed by atoms with Gasteiger partial charge in [-0.1, -0.05) is 18.5 Å². The number of furan rings is 1. The van der Waals surface area contributed by atoms with Gasteiger partial charge in [-0.2, -0.15) is 5.10 Å². The highest BCUT2D eigenvalue weighted by atomic mass is 35.5. The lowest BCUT2D eigenvalue weighted by atomic mass is 10.0. The molecule has 1 N–H and O–H groups in total. The minimum absolute atomic E-state index is 0.445. The summed E-state index contributed by atoms with van der Waals surface area (Å²) in [7, 11) is 0. The molecule has 116 valence electrons. The molecule has 0 aliphatic heterocycles. The molecule has 1 atom stereocenters. The van der Waals surface area contributed by atoms with Crippen LogP contribution in [-0.2, 0) is 19.4 Å². The predicted molar refractivity (Wildman–Crippen MR) is 83.9 cm³/mol. The van der Waals surface area contributed by atoms with Gasteiger partial charge < -0.3 is 9.52 Å². The van der Waals surface area contributed by atoms with Crippen LogP contribution in [0.1, 0.15) is 54.0 Å². The molecule has 21 heavy (non-hydrogen) atoms. The quantitative estimate of drug-likeness (QED) is 0.911. The molecule has 0 aliphatic carbocycles. The monoisotopic (exact) mass is 310 g/mol. The van der Waals surface area contributed by atoms with E-state index in [1.54, 1.807) is 0 Å². The fourth-order valence-corrected chi connectivity index (χ4v) is 3.14. The Morgan fingerprint density at radius 3 is 2.38 bits per heavy atom. The van der Waals surface area contributed by atoms with Crippen LogP contribution >= 0.6 is 11.6 Å². The summed E-state index contributed by atoms with van der Waals surface area (Å²) in [6, 6.07) is 0. The van der Waals surface area contributed by atoms with Gasteiger partial charge in [0.2, 0.25) is 0 Å². The number of halogens is 1. The standard InChI is InChI=1S/C16H23ClN2O2/c1-6-12-16(17)13(19(7-2)18-12)8-14(20)15-9(3)10(4)21-11(15)5/h14,20H,6-8H2,1-5H3. The minimum atomic E-state index is -0.633. The fraction of sp³-hybridized carbons (Fsp3) is 0.562. The highest BCUT2D eigenvalue weighted by Crippen LogP contribution is 2.32. The molecule has 0 saturated heterocycles. The van der Waals surface area contributed by atoms with Gasteiger partial charge in [0, 0.05) is 18.5 Å². The third-order valence-electron chi connectivity index (χ3n) is 4.03. The van der Waals surface area contributed by atoms with Crippen molar-refractivity contribution in [3.63, 3.8) is 0 Å². The normalized spacial score (nSPS) is 12.9. The van der Waals surface area contributed by atoms with Crippen molar-refractivity contribution in [1.82, 2.24) is 9.78 Å². The van der Waals surface area contributed by atoms with Gasteiger partial charge in [0.05, 0.1) is 22.5 Å². The molecular weight excluding hydrogens is 288 g/mol. The predicted octanol–water partition coefficient (Wildman–Crippen LogP) is 3.91. The van der Waals surface area contributed by atoms with E-state index >= 15 is 0 Å². The molecule has 0 spiro atoms. The summed E-state index contributed by atoms with van der Waals surface area (Å²) in [5.41, 5.74) is 3.65. The Hall–Kier alpha value is -1.26. The van der Waals surface area contributed by atoms with Crippen LogP contribution in [0.5, 0.6) is 0 Å². The van der Waals surface area contributed by atoms with Crippen LogP contribution in [0.2, 0.25) is 5.02 Å². The second-order valence-corrected chi connectivity index (χ2v) is 5.73. The van der Waals surface area contributed by atoms with Crippen LogP contribution < -0.4 is 0 Å². The largest absolute Gasteiger partial charge is 0.466 e. The summed E-state index contributed by atoms with van der Waals surface area (Å²) in [6.45, 7) is 10.6. The third-order valence-corrected chi connectivity index (χ3v) is 4.47. The van der Waals surface area contributed by atoms with Gasteiger partial charge >= 0.3 is 0 Å². The van der Waals surface area contributed by atoms with Crippen molar-refractivity contribution in [2.75, 3.05) is 0 Å². The van der Waals surface area contributed by atoms with Crippen LogP contribution in [0, 0.1) is 20.8 Å². The van der Waals surface area contributed by atoms with Gasteiger partial charge in [0.25, 0.3) is 0 Å². The first kappa shape index (κ1) is 16.1. The Balaban J connectivity index is 2.35. The number of aryl methyl sites for hydroxylation is 4. The van der Waals surface area contributed by atoms with E-state index in [4.69, 9.17) is 16.0 Å². The van der Waals surface area contributed by atoms with E-state index in [-0.39, 0.29) is 0 Å². The number of hydrogen-bond acceptors (Lipinski definition) is 3. The first-order chi connectivity index (χ1) is 9.90. The zero-order chi connectivity index (χ0) is 15.7. The van der Waals surface area contributed by atoms with E-state index in [0.717, 1.165) is 47.0 Å². The number of aliphatic hydroxyl groups excluding tert-OH is 1. The Morgan fingerprint density at radius 2 is 1.90 bits per heavy atom. The summed E-state index contributed by atoms with van der Waals surface area (Å²) in [5.74, 6) is 1.62. The Bertz CT molecular complexity index is 643. The highest BCUT2D eigenvalue weighted by Gasteiger charge is 2.23. The molecule has 1 unspecified atom stereocenters. The first-order valence-corrected chi connectivity index (χ1v) is 7.77. The van der Waals surface area contributed by atoms with E-state index in [0.29, 0.717) is 11.4 Å². The van der Waals surface area contributed by atoms with E-state index in [1.165, 1.54) is 0 Å². The smallest absolute Gasteiger partial charge is 0.107 e. The topological polar surface area (TPSA) is 51.2 Å². The molecule has 0 aliphatic rings. The van der Waals surface area contributed by atoms with Crippen LogP contribution in [0.25, 0.3) is 0 Å². The lowest BCUT2D eigenvalue weighted by Gasteiger charge is -2.13. The van der Waals surface area contributed by atoms with Crippen LogP contribution in [0.3, 0.4) is 0 Å². The van der Waals surface area contributed by atoms with Gasteiger partial charge in [-0.25, -0.2) is 0 Å². The molecule has 0 amide bonds. The highest BCUT2D eigenvalue weighted by molar-refractivity contribution is 6.31. The zero-order valence-corrected chi connectivity index (χ0v) is 14.1. The summed E-state index contributed by atoms with van der Waals surface area (Å²) >= 11 is 6.41. The van der Waals surface area contributed by atoms with Crippen molar-refractivity contribution in [3.05, 3.63) is 39.1 Å². The van der Waals surface area contributed by atoms with Crippen LogP contribution in [0.4, 0.5) is 0 Å². The molecule has 0 aromatic carbocycles. The third kappa shape index (κ3) is 2.87. The fourth-order valence-electron chi connectivity index (χ4n) is 2.80. The molecule has 2 rings (SSSR count). The zero-order valence-electron chi connectivity index (χ0n) is 13.3. The lowest BCUT2D eigenvalue weighted by molar-refractivity contribution is 0.173. The van der Waals surface area contributed by atoms with E-state index < -0.39 is 6.10 Å². The summed E-state index contributed by atoms with van der Waals surface area (Å²) in [5, 5.41) is 15.8. The second kappa shape index (κ2) is 6.24. The molecule has 0 radical (unpaired) electrons. The average Bonchev–Trinajstić information content (AvgIpc) is 2.88. The van der Waals surface area contributed by atoms with Gasteiger partial charge in [-0.05, 0) is 39.7 Å². The molecule has 4 nitrogen and oxygen atoms in total. The molecule has 0 bridgehead atoms. The van der Waals surface area contributed by atoms with Crippen molar-refractivity contribution in [2.45, 2.75) is 60.1 Å². The Morgan fingerprint density at radius 1 is 1.24 bits per heavy atom. The van der Waals surface area contributed by atoms with Gasteiger partial charge in [0.15, 0.2) is 0 Å². The maximum atomic E-state index is 10.6. The number of aromatic nitrogens is 2. The molecule has 2 heterocycles. The van der Waals surface area contributed by atoms with Crippen molar-refractivity contribution in [1.29, 1.82) is 0 Å². The number of nitrogens with zero attached hydrogens (tertiary/aromatic N) is 2. The molecule has 0 fully saturated rings. The van der Waals surface area contributed by atoms with E-state index in [1.807, 2.05) is 39.3 Å². The SMILES string of the molecule is CCc1nn(CC)c(CC(O)c2c(C)oc(C)c2C)c1Cl. The average molecular weight is 311 g/mol. The summed E-state index contributed by atoms with van der Waals surface area (Å²) in [6.07, 6.45) is 0.602. The molecular formula is C16H23ClN2O2. The Kier molecular flexibility index (Phi) is 4.79.